The standard InChI is InChI=1S/C8H8F2N2O3/c9-8(10)15-4-2-1-3(11)5(6(4)12)7(13)14/h1-2,8H,11-12H2,(H,13,14). The molecule has 7 heteroatoms. The van der Waals surface area contributed by atoms with E-state index in [2.05, 4.69) is 4.74 Å². The molecule has 5 N–H and O–H groups in total. The van der Waals surface area contributed by atoms with Gasteiger partial charge in [-0.3, -0.25) is 0 Å². The molecular formula is C8H8F2N2O3. The Balaban J connectivity index is 3.22. The van der Waals surface area contributed by atoms with E-state index in [4.69, 9.17) is 16.6 Å². The molecule has 82 valence electrons. The Bertz CT molecular complexity index is 396. The number of halogens is 2. The number of anilines is 2. The van der Waals surface area contributed by atoms with E-state index in [1.54, 1.807) is 0 Å². The van der Waals surface area contributed by atoms with Gasteiger partial charge < -0.3 is 21.3 Å². The Hall–Kier alpha value is -2.05. The maximum atomic E-state index is 11.9. The highest BCUT2D eigenvalue weighted by Crippen LogP contribution is 2.30. The Labute approximate surface area is 83.2 Å². The molecule has 0 atom stereocenters. The van der Waals surface area contributed by atoms with Gasteiger partial charge in [0.15, 0.2) is 0 Å². The zero-order valence-electron chi connectivity index (χ0n) is 7.41. The van der Waals surface area contributed by atoms with E-state index < -0.39 is 29.6 Å². The fraction of sp³-hybridized carbons (Fsp3) is 0.125. The van der Waals surface area contributed by atoms with Crippen LogP contribution in [0.1, 0.15) is 10.4 Å². The van der Waals surface area contributed by atoms with Gasteiger partial charge in [0.25, 0.3) is 0 Å². The average Bonchev–Trinajstić information content (AvgIpc) is 2.09. The molecule has 0 heterocycles. The molecule has 0 amide bonds. The van der Waals surface area contributed by atoms with Crippen LogP contribution in [0.3, 0.4) is 0 Å². The summed E-state index contributed by atoms with van der Waals surface area (Å²) in [5, 5.41) is 8.70. The second kappa shape index (κ2) is 3.99. The lowest BCUT2D eigenvalue weighted by Gasteiger charge is -2.11. The van der Waals surface area contributed by atoms with E-state index in [0.717, 1.165) is 12.1 Å². The van der Waals surface area contributed by atoms with Gasteiger partial charge in [0.2, 0.25) is 0 Å². The summed E-state index contributed by atoms with van der Waals surface area (Å²) < 4.78 is 27.8. The van der Waals surface area contributed by atoms with Crippen molar-refractivity contribution >= 4 is 17.3 Å². The summed E-state index contributed by atoms with van der Waals surface area (Å²) in [6.45, 7) is -3.07. The van der Waals surface area contributed by atoms with E-state index in [-0.39, 0.29) is 5.69 Å². The zero-order valence-corrected chi connectivity index (χ0v) is 7.41. The van der Waals surface area contributed by atoms with Gasteiger partial charge in [-0.1, -0.05) is 0 Å². The van der Waals surface area contributed by atoms with Gasteiger partial charge >= 0.3 is 12.6 Å². The van der Waals surface area contributed by atoms with Crippen molar-refractivity contribution in [2.24, 2.45) is 0 Å². The van der Waals surface area contributed by atoms with Crippen LogP contribution in [0.5, 0.6) is 5.75 Å². The third-order valence-corrected chi connectivity index (χ3v) is 1.67. The predicted octanol–water partition coefficient (Wildman–Crippen LogP) is 1.15. The molecule has 0 unspecified atom stereocenters. The number of nitrogens with two attached hydrogens (primary N) is 2. The quantitative estimate of drug-likeness (QED) is 0.661. The van der Waals surface area contributed by atoms with Gasteiger partial charge in [-0.2, -0.15) is 8.78 Å². The van der Waals surface area contributed by atoms with E-state index in [1.807, 2.05) is 0 Å². The molecule has 5 nitrogen and oxygen atoms in total. The summed E-state index contributed by atoms with van der Waals surface area (Å²) in [5.41, 5.74) is 9.67. The molecule has 0 saturated heterocycles. The number of carbonyl (C=O) groups is 1. The zero-order chi connectivity index (χ0) is 11.6. The van der Waals surface area contributed by atoms with E-state index in [9.17, 15) is 13.6 Å². The first-order valence-electron chi connectivity index (χ1n) is 3.79. The number of benzene rings is 1. The maximum absolute atomic E-state index is 11.9. The molecule has 0 aliphatic heterocycles. The first-order valence-corrected chi connectivity index (χ1v) is 3.79. The lowest BCUT2D eigenvalue weighted by molar-refractivity contribution is -0.0493. The lowest BCUT2D eigenvalue weighted by atomic mass is 10.1. The molecule has 1 aromatic carbocycles. The third-order valence-electron chi connectivity index (χ3n) is 1.67. The summed E-state index contributed by atoms with van der Waals surface area (Å²) in [5.74, 6) is -1.80. The number of carboxylic acid groups (broad SMARTS) is 1. The van der Waals surface area contributed by atoms with Crippen molar-refractivity contribution in [2.45, 2.75) is 6.61 Å². The largest absolute Gasteiger partial charge is 0.478 e. The highest BCUT2D eigenvalue weighted by Gasteiger charge is 2.18. The summed E-state index contributed by atoms with van der Waals surface area (Å²) >= 11 is 0. The minimum atomic E-state index is -3.07. The molecule has 0 bridgehead atoms. The van der Waals surface area contributed by atoms with Gasteiger partial charge in [0.05, 0.1) is 5.69 Å². The van der Waals surface area contributed by atoms with Crippen molar-refractivity contribution in [3.63, 3.8) is 0 Å². The number of nitrogen functional groups attached to an aromatic ring is 2. The van der Waals surface area contributed by atoms with Crippen LogP contribution in [0.4, 0.5) is 20.2 Å². The minimum absolute atomic E-state index is 0.110. The van der Waals surface area contributed by atoms with Crippen LogP contribution in [0, 0.1) is 0 Å². The Kier molecular flexibility index (Phi) is 2.93. The monoisotopic (exact) mass is 218 g/mol. The van der Waals surface area contributed by atoms with Gasteiger partial charge in [0, 0.05) is 5.69 Å². The number of rotatable bonds is 3. The highest BCUT2D eigenvalue weighted by atomic mass is 19.3. The number of alkyl halides is 2. The number of hydrogen-bond acceptors (Lipinski definition) is 4. The number of ether oxygens (including phenoxy) is 1. The molecule has 0 radical (unpaired) electrons. The van der Waals surface area contributed by atoms with Crippen LogP contribution >= 0.6 is 0 Å². The van der Waals surface area contributed by atoms with Crippen molar-refractivity contribution < 1.29 is 23.4 Å². The van der Waals surface area contributed by atoms with Gasteiger partial charge in [-0.15, -0.1) is 0 Å². The van der Waals surface area contributed by atoms with Crippen molar-refractivity contribution in [1.29, 1.82) is 0 Å². The molecule has 1 rings (SSSR count). The lowest BCUT2D eigenvalue weighted by Crippen LogP contribution is -2.11. The molecular weight excluding hydrogens is 210 g/mol. The first-order chi connectivity index (χ1) is 6.93. The summed E-state index contributed by atoms with van der Waals surface area (Å²) in [7, 11) is 0. The molecule has 0 aromatic heterocycles. The van der Waals surface area contributed by atoms with E-state index in [1.165, 1.54) is 0 Å². The first kappa shape index (κ1) is 11.0. The Morgan fingerprint density at radius 3 is 2.47 bits per heavy atom. The van der Waals surface area contributed by atoms with Crippen LogP contribution in [0.25, 0.3) is 0 Å². The summed E-state index contributed by atoms with van der Waals surface area (Å²) in [4.78, 5) is 10.7. The van der Waals surface area contributed by atoms with Crippen molar-refractivity contribution in [2.75, 3.05) is 11.5 Å². The van der Waals surface area contributed by atoms with Crippen LogP contribution in [-0.2, 0) is 0 Å². The molecule has 1 aromatic rings. The minimum Gasteiger partial charge on any atom is -0.478 e. The van der Waals surface area contributed by atoms with Crippen LogP contribution < -0.4 is 16.2 Å². The second-order valence-corrected chi connectivity index (χ2v) is 2.63. The molecule has 0 saturated carbocycles. The van der Waals surface area contributed by atoms with Gasteiger partial charge in [-0.05, 0) is 12.1 Å². The molecule has 0 fully saturated rings. The van der Waals surface area contributed by atoms with Crippen molar-refractivity contribution in [1.82, 2.24) is 0 Å². The van der Waals surface area contributed by atoms with Crippen LogP contribution in [-0.4, -0.2) is 17.7 Å². The van der Waals surface area contributed by atoms with Crippen LogP contribution in [0.15, 0.2) is 12.1 Å². The predicted molar refractivity (Wildman–Crippen MR) is 48.9 cm³/mol. The normalized spacial score (nSPS) is 10.3. The highest BCUT2D eigenvalue weighted by molar-refractivity contribution is 6.00. The Morgan fingerprint density at radius 1 is 1.40 bits per heavy atom. The average molecular weight is 218 g/mol. The topological polar surface area (TPSA) is 98.6 Å². The fourth-order valence-electron chi connectivity index (χ4n) is 1.05. The van der Waals surface area contributed by atoms with Gasteiger partial charge in [0.1, 0.15) is 11.3 Å². The van der Waals surface area contributed by atoms with Gasteiger partial charge in [-0.25, -0.2) is 4.79 Å². The number of carboxylic acids is 1. The fourth-order valence-corrected chi connectivity index (χ4v) is 1.05. The molecule has 0 aliphatic carbocycles. The van der Waals surface area contributed by atoms with E-state index >= 15 is 0 Å². The SMILES string of the molecule is Nc1ccc(OC(F)F)c(N)c1C(=O)O. The van der Waals surface area contributed by atoms with Crippen LogP contribution in [0.2, 0.25) is 0 Å². The smallest absolute Gasteiger partial charge is 0.387 e. The molecule has 0 spiro atoms. The third kappa shape index (κ3) is 2.25. The Morgan fingerprint density at radius 2 is 2.00 bits per heavy atom. The van der Waals surface area contributed by atoms with Crippen molar-refractivity contribution in [3.05, 3.63) is 17.7 Å². The van der Waals surface area contributed by atoms with E-state index in [0.29, 0.717) is 0 Å². The number of hydrogen-bond donors (Lipinski definition) is 3. The molecule has 0 aliphatic rings. The number of aromatic carboxylic acids is 1. The summed E-state index contributed by atoms with van der Waals surface area (Å²) in [6.07, 6.45) is 0. The van der Waals surface area contributed by atoms with Crippen molar-refractivity contribution in [3.8, 4) is 5.75 Å². The second-order valence-electron chi connectivity index (χ2n) is 2.63. The maximum Gasteiger partial charge on any atom is 0.387 e. The summed E-state index contributed by atoms with van der Waals surface area (Å²) in [6, 6.07) is 2.22. The molecule has 15 heavy (non-hydrogen) atoms.